The number of anilines is 3. The minimum atomic E-state index is -2.18. The van der Waals surface area contributed by atoms with Gasteiger partial charge in [0.25, 0.3) is 5.70 Å². The van der Waals surface area contributed by atoms with Crippen LogP contribution in [0.2, 0.25) is 0 Å². The first-order valence-electron chi connectivity index (χ1n) is 23.4. The molecule has 6 aromatic rings. The molecule has 7 nitrogen and oxygen atoms in total. The molecule has 0 N–H and O–H groups in total. The molecule has 4 aromatic carbocycles. The van der Waals surface area contributed by atoms with Crippen LogP contribution in [-0.2, 0) is 36.4 Å². The van der Waals surface area contributed by atoms with Crippen molar-refractivity contribution in [2.75, 3.05) is 4.90 Å². The number of hydrogen-bond acceptors (Lipinski definition) is 6. The molecule has 2 aliphatic heterocycles. The Bertz CT molecular complexity index is 3190. The second-order valence-electron chi connectivity index (χ2n) is 18.7. The normalized spacial score (nSPS) is 15.0. The molecule has 0 bridgehead atoms. The minimum Gasteiger partial charge on any atom is -0.309 e. The number of benzene rings is 4. The molecule has 0 spiro atoms. The SMILES string of the molecule is [2H]C([2H])([2H])c1c[c-]c(-c2ccc(C([2H])([2H])[2H])cn2)cc1.[C-]#[N+]/C(C#N)=C1\c2cnc(-c3[c-]ccc(C(C)(C)C)c3)cc2N2c3ccc(C(C)(C)C)cc3C(=C(C#N)C#N)c3cc(C(C)(C)C)cc1c32.[Ir]. The van der Waals surface area contributed by atoms with Crippen LogP contribution in [0.25, 0.3) is 38.5 Å². The number of aryl methyl sites for hydroxylation is 2. The van der Waals surface area contributed by atoms with Crippen LogP contribution in [-0.4, -0.2) is 9.97 Å². The quantitative estimate of drug-likeness (QED) is 0.126. The second kappa shape index (κ2) is 17.7. The van der Waals surface area contributed by atoms with E-state index < -0.39 is 13.7 Å². The van der Waals surface area contributed by atoms with Gasteiger partial charge in [0.1, 0.15) is 17.7 Å². The fourth-order valence-corrected chi connectivity index (χ4v) is 7.73. The molecule has 8 rings (SSSR count). The first kappa shape index (κ1) is 38.7. The van der Waals surface area contributed by atoms with Crippen molar-refractivity contribution in [2.24, 2.45) is 0 Å². The summed E-state index contributed by atoms with van der Waals surface area (Å²) in [6, 6.07) is 38.8. The molecule has 64 heavy (non-hydrogen) atoms. The predicted octanol–water partition coefficient (Wildman–Crippen LogP) is 13.8. The molecule has 319 valence electrons. The van der Waals surface area contributed by atoms with Gasteiger partial charge in [-0.2, -0.15) is 10.5 Å². The standard InChI is InChI=1S/C43H37N6.C13H12N.Ir/c1-41(2,3)27-13-11-12-25(16-27)34-20-37-33(24-48-34)39(35(23-46)47-10)32-19-29(43(7,8)9)18-31-38(26(21-44)22-45)30-17-28(42(4,5)6)14-15-36(30)49(37)40(31)32;1-10-3-6-12(7-4-10)13-8-5-11(2)9-14-13;/h11,13-20,24H,1-9H3;3-6,8-9H,1-2H3;/q2*-1;/b39-35-;;/i;1D3,2D3;. The van der Waals surface area contributed by atoms with E-state index in [2.05, 4.69) is 144 Å². The Morgan fingerprint density at radius 1 is 0.625 bits per heavy atom. The largest absolute Gasteiger partial charge is 0.309 e. The molecule has 1 radical (unpaired) electrons. The van der Waals surface area contributed by atoms with E-state index in [1.807, 2.05) is 18.2 Å². The molecule has 0 saturated carbocycles. The van der Waals surface area contributed by atoms with Crippen LogP contribution < -0.4 is 4.90 Å². The minimum absolute atomic E-state index is 0. The summed E-state index contributed by atoms with van der Waals surface area (Å²) in [6.45, 7) is 22.9. The molecular weight excluding hydrogens is 963 g/mol. The van der Waals surface area contributed by atoms with Crippen LogP contribution in [0.5, 0.6) is 0 Å². The Balaban J connectivity index is 0.000000321. The first-order chi connectivity index (χ1) is 32.2. The average Bonchev–Trinajstić information content (AvgIpc) is 3.29. The van der Waals surface area contributed by atoms with Gasteiger partial charge in [0.05, 0.1) is 24.0 Å². The summed E-state index contributed by atoms with van der Waals surface area (Å²) in [7, 11) is 0. The van der Waals surface area contributed by atoms with Crippen LogP contribution in [0.3, 0.4) is 0 Å². The zero-order valence-electron chi connectivity index (χ0n) is 43.2. The molecule has 2 aromatic heterocycles. The number of allylic oxidation sites excluding steroid dienone is 2. The van der Waals surface area contributed by atoms with Crippen molar-refractivity contribution in [3.8, 4) is 40.7 Å². The van der Waals surface area contributed by atoms with Gasteiger partial charge in [0, 0.05) is 74.2 Å². The number of rotatable bonds is 2. The maximum absolute atomic E-state index is 10.4. The van der Waals surface area contributed by atoms with E-state index in [-0.39, 0.29) is 58.7 Å². The third-order valence-corrected chi connectivity index (χ3v) is 11.2. The Morgan fingerprint density at radius 2 is 1.25 bits per heavy atom. The van der Waals surface area contributed by atoms with E-state index in [0.717, 1.165) is 44.9 Å². The molecule has 0 unspecified atom stereocenters. The zero-order valence-corrected chi connectivity index (χ0v) is 39.6. The van der Waals surface area contributed by atoms with Gasteiger partial charge < -0.3 is 14.9 Å². The number of nitrogens with zero attached hydrogens (tertiary/aromatic N) is 7. The summed E-state index contributed by atoms with van der Waals surface area (Å²) in [5, 5.41) is 31.1. The fourth-order valence-electron chi connectivity index (χ4n) is 7.73. The monoisotopic (exact) mass is 1020 g/mol. The van der Waals surface area contributed by atoms with E-state index >= 15 is 0 Å². The van der Waals surface area contributed by atoms with Gasteiger partial charge in [0.15, 0.2) is 0 Å². The van der Waals surface area contributed by atoms with Gasteiger partial charge in [-0.3, -0.25) is 0 Å². The van der Waals surface area contributed by atoms with E-state index in [4.69, 9.17) is 19.8 Å². The van der Waals surface area contributed by atoms with Gasteiger partial charge in [-0.15, -0.1) is 70.8 Å². The van der Waals surface area contributed by atoms with Crippen molar-refractivity contribution < 1.29 is 28.3 Å². The van der Waals surface area contributed by atoms with Crippen LogP contribution in [0.15, 0.2) is 109 Å². The molecule has 4 heterocycles. The van der Waals surface area contributed by atoms with Crippen LogP contribution >= 0.6 is 0 Å². The third-order valence-electron chi connectivity index (χ3n) is 11.2. The van der Waals surface area contributed by atoms with Gasteiger partial charge >= 0.3 is 0 Å². The number of fused-ring (bicyclic) bond motifs is 4. The summed E-state index contributed by atoms with van der Waals surface area (Å²) >= 11 is 0. The summed E-state index contributed by atoms with van der Waals surface area (Å²) in [5.41, 5.74) is 11.7. The number of pyridine rings is 2. The smallest absolute Gasteiger partial charge is 0.270 e. The van der Waals surface area contributed by atoms with Crippen molar-refractivity contribution in [3.63, 3.8) is 0 Å². The van der Waals surface area contributed by atoms with Crippen molar-refractivity contribution in [3.05, 3.63) is 182 Å². The van der Waals surface area contributed by atoms with E-state index in [1.54, 1.807) is 18.3 Å². The summed E-state index contributed by atoms with van der Waals surface area (Å²) in [5.74, 6) is 0. The van der Waals surface area contributed by atoms with E-state index in [1.165, 1.54) is 24.4 Å². The number of nitriles is 3. The average molecular weight is 1020 g/mol. The molecule has 0 aliphatic carbocycles. The maximum Gasteiger partial charge on any atom is 0.270 e. The summed E-state index contributed by atoms with van der Waals surface area (Å²) < 4.78 is 43.6. The second-order valence-corrected chi connectivity index (χ2v) is 18.7. The Hall–Kier alpha value is -6.93. The third kappa shape index (κ3) is 8.82. The number of aromatic nitrogens is 2. The van der Waals surface area contributed by atoms with Crippen LogP contribution in [0, 0.1) is 66.4 Å². The molecule has 8 heteroatoms. The molecule has 0 amide bonds. The van der Waals surface area contributed by atoms with Gasteiger partial charge in [-0.1, -0.05) is 93.4 Å². The van der Waals surface area contributed by atoms with Crippen molar-refractivity contribution in [1.29, 1.82) is 15.8 Å². The zero-order chi connectivity index (χ0) is 50.6. The Morgan fingerprint density at radius 3 is 1.81 bits per heavy atom. The van der Waals surface area contributed by atoms with Gasteiger partial charge in [0.2, 0.25) is 0 Å². The fraction of sp³-hybridized carbons (Fsp3) is 0.250. The molecule has 0 fully saturated rings. The Kier molecular flexibility index (Phi) is 10.7. The topological polar surface area (TPSA) is 105 Å². The predicted molar refractivity (Wildman–Crippen MR) is 253 cm³/mol. The van der Waals surface area contributed by atoms with E-state index in [0.29, 0.717) is 44.8 Å². The molecular formula is C56H49IrN7-2. The maximum atomic E-state index is 10.4. The van der Waals surface area contributed by atoms with Crippen LogP contribution in [0.4, 0.5) is 17.1 Å². The number of hydrogen-bond donors (Lipinski definition) is 0. The van der Waals surface area contributed by atoms with Crippen molar-refractivity contribution in [1.82, 2.24) is 9.97 Å². The van der Waals surface area contributed by atoms with Gasteiger partial charge in [-0.05, 0) is 81.0 Å². The van der Waals surface area contributed by atoms with E-state index in [9.17, 15) is 15.8 Å². The van der Waals surface area contributed by atoms with Crippen molar-refractivity contribution in [2.45, 2.75) is 92.3 Å². The summed E-state index contributed by atoms with van der Waals surface area (Å²) in [4.78, 5) is 14.9. The Labute approximate surface area is 400 Å². The van der Waals surface area contributed by atoms with Gasteiger partial charge in [-0.25, -0.2) is 10.1 Å². The van der Waals surface area contributed by atoms with Crippen molar-refractivity contribution >= 4 is 28.2 Å². The van der Waals surface area contributed by atoms with Crippen LogP contribution in [0.1, 0.15) is 121 Å². The molecule has 2 aliphatic rings. The molecule has 0 atom stereocenters. The molecule has 0 saturated heterocycles. The summed E-state index contributed by atoms with van der Waals surface area (Å²) in [6.07, 6.45) is 3.06. The first-order valence-corrected chi connectivity index (χ1v) is 20.4.